The van der Waals surface area contributed by atoms with E-state index in [1.54, 1.807) is 38.5 Å². The molecule has 3 rings (SSSR count). The minimum Gasteiger partial charge on any atom is -0.497 e. The Balaban J connectivity index is 1.56. The third-order valence-corrected chi connectivity index (χ3v) is 3.92. The number of hydrogen-bond acceptors (Lipinski definition) is 5. The first kappa shape index (κ1) is 17.7. The van der Waals surface area contributed by atoms with Crippen LogP contribution in [0, 0.1) is 0 Å². The van der Waals surface area contributed by atoms with Crippen LogP contribution in [-0.2, 0) is 4.79 Å². The molecule has 26 heavy (non-hydrogen) atoms. The van der Waals surface area contributed by atoms with Gasteiger partial charge in [-0.25, -0.2) is 0 Å². The van der Waals surface area contributed by atoms with Gasteiger partial charge in [-0.05, 0) is 36.4 Å². The Morgan fingerprint density at radius 2 is 2.00 bits per heavy atom. The molecule has 1 atom stereocenters. The quantitative estimate of drug-likeness (QED) is 0.807. The number of ether oxygens (including phenoxy) is 4. The first-order chi connectivity index (χ1) is 12.7. The molecular formula is C20H21NO5. The lowest BCUT2D eigenvalue weighted by molar-refractivity contribution is -0.116. The Morgan fingerprint density at radius 3 is 2.77 bits per heavy atom. The lowest BCUT2D eigenvalue weighted by Gasteiger charge is -2.26. The molecule has 1 heterocycles. The number of nitrogens with one attached hydrogen (secondary N) is 1. The van der Waals surface area contributed by atoms with Crippen LogP contribution in [0.5, 0.6) is 23.0 Å². The van der Waals surface area contributed by atoms with Crippen LogP contribution in [0.4, 0.5) is 0 Å². The molecule has 6 heteroatoms. The molecule has 0 saturated heterocycles. The summed E-state index contributed by atoms with van der Waals surface area (Å²) in [7, 11) is 3.17. The van der Waals surface area contributed by atoms with Crippen molar-refractivity contribution >= 4 is 12.0 Å². The van der Waals surface area contributed by atoms with E-state index in [-0.39, 0.29) is 12.0 Å². The van der Waals surface area contributed by atoms with Gasteiger partial charge >= 0.3 is 0 Å². The highest BCUT2D eigenvalue weighted by Crippen LogP contribution is 2.30. The van der Waals surface area contributed by atoms with Crippen molar-refractivity contribution in [2.75, 3.05) is 27.4 Å². The second kappa shape index (κ2) is 8.29. The Bertz CT molecular complexity index is 803. The van der Waals surface area contributed by atoms with Crippen molar-refractivity contribution in [1.29, 1.82) is 0 Å². The van der Waals surface area contributed by atoms with E-state index in [9.17, 15) is 4.79 Å². The molecule has 136 valence electrons. The summed E-state index contributed by atoms with van der Waals surface area (Å²) in [6.45, 7) is 0.747. The van der Waals surface area contributed by atoms with Crippen molar-refractivity contribution in [1.82, 2.24) is 5.32 Å². The number of methoxy groups -OCH3 is 2. The summed E-state index contributed by atoms with van der Waals surface area (Å²) >= 11 is 0. The maximum atomic E-state index is 12.1. The predicted octanol–water partition coefficient (Wildman–Crippen LogP) is 2.67. The SMILES string of the molecule is COc1ccc(OC)c(/C=C/C(=O)NC[C@H]2COc3ccccc3O2)c1. The minimum atomic E-state index is -0.228. The molecule has 0 unspecified atom stereocenters. The molecule has 1 amide bonds. The summed E-state index contributed by atoms with van der Waals surface area (Å²) < 4.78 is 21.9. The molecule has 0 aromatic heterocycles. The fraction of sp³-hybridized carbons (Fsp3) is 0.250. The van der Waals surface area contributed by atoms with Gasteiger partial charge in [-0.1, -0.05) is 12.1 Å². The fourth-order valence-electron chi connectivity index (χ4n) is 2.57. The van der Waals surface area contributed by atoms with Gasteiger partial charge in [-0.3, -0.25) is 4.79 Å². The number of rotatable bonds is 6. The zero-order valence-corrected chi connectivity index (χ0v) is 14.7. The van der Waals surface area contributed by atoms with Crippen LogP contribution in [0.3, 0.4) is 0 Å². The van der Waals surface area contributed by atoms with E-state index in [0.717, 1.165) is 11.3 Å². The summed E-state index contributed by atoms with van der Waals surface area (Å²) in [6, 6.07) is 12.9. The summed E-state index contributed by atoms with van der Waals surface area (Å²) in [5, 5.41) is 2.82. The molecule has 1 aliphatic rings. The molecule has 0 aliphatic carbocycles. The van der Waals surface area contributed by atoms with Crippen LogP contribution in [0.2, 0.25) is 0 Å². The van der Waals surface area contributed by atoms with Crippen molar-refractivity contribution < 1.29 is 23.7 Å². The molecule has 6 nitrogen and oxygen atoms in total. The second-order valence-electron chi connectivity index (χ2n) is 5.68. The molecule has 0 spiro atoms. The predicted molar refractivity (Wildman–Crippen MR) is 97.9 cm³/mol. The first-order valence-electron chi connectivity index (χ1n) is 8.26. The Hall–Kier alpha value is -3.15. The van der Waals surface area contributed by atoms with Crippen molar-refractivity contribution in [2.45, 2.75) is 6.10 Å². The molecule has 0 saturated carbocycles. The topological polar surface area (TPSA) is 66.0 Å². The molecule has 2 aromatic carbocycles. The zero-order chi connectivity index (χ0) is 18.4. The Morgan fingerprint density at radius 1 is 1.19 bits per heavy atom. The zero-order valence-electron chi connectivity index (χ0n) is 14.7. The first-order valence-corrected chi connectivity index (χ1v) is 8.26. The molecule has 0 fully saturated rings. The van der Waals surface area contributed by atoms with Crippen LogP contribution in [0.25, 0.3) is 6.08 Å². The van der Waals surface area contributed by atoms with E-state index in [1.165, 1.54) is 6.08 Å². The second-order valence-corrected chi connectivity index (χ2v) is 5.68. The normalized spacial score (nSPS) is 15.5. The Labute approximate surface area is 152 Å². The highest BCUT2D eigenvalue weighted by molar-refractivity contribution is 5.92. The van der Waals surface area contributed by atoms with Gasteiger partial charge in [-0.2, -0.15) is 0 Å². The van der Waals surface area contributed by atoms with Crippen molar-refractivity contribution in [3.63, 3.8) is 0 Å². The highest BCUT2D eigenvalue weighted by atomic mass is 16.6. The van der Waals surface area contributed by atoms with E-state index >= 15 is 0 Å². The average Bonchev–Trinajstić information content (AvgIpc) is 2.70. The third kappa shape index (κ3) is 4.27. The number of fused-ring (bicyclic) bond motifs is 1. The number of hydrogen-bond donors (Lipinski definition) is 1. The molecular weight excluding hydrogens is 334 g/mol. The maximum Gasteiger partial charge on any atom is 0.244 e. The van der Waals surface area contributed by atoms with E-state index in [0.29, 0.717) is 30.4 Å². The summed E-state index contributed by atoms with van der Waals surface area (Å²) in [5.74, 6) is 2.54. The maximum absolute atomic E-state index is 12.1. The highest BCUT2D eigenvalue weighted by Gasteiger charge is 2.20. The molecule has 0 bridgehead atoms. The average molecular weight is 355 g/mol. The molecule has 2 aromatic rings. The monoisotopic (exact) mass is 355 g/mol. The van der Waals surface area contributed by atoms with Gasteiger partial charge in [0.2, 0.25) is 5.91 Å². The molecule has 1 N–H and O–H groups in total. The number of amides is 1. The summed E-state index contributed by atoms with van der Waals surface area (Å²) in [5.41, 5.74) is 0.758. The van der Waals surface area contributed by atoms with Crippen molar-refractivity contribution in [2.24, 2.45) is 0 Å². The lowest BCUT2D eigenvalue weighted by Crippen LogP contribution is -2.40. The van der Waals surface area contributed by atoms with Gasteiger partial charge in [0.1, 0.15) is 24.2 Å². The van der Waals surface area contributed by atoms with Crippen LogP contribution in [-0.4, -0.2) is 39.4 Å². The minimum absolute atomic E-state index is 0.225. The van der Waals surface area contributed by atoms with Crippen LogP contribution in [0.15, 0.2) is 48.5 Å². The van der Waals surface area contributed by atoms with Crippen LogP contribution in [0.1, 0.15) is 5.56 Å². The van der Waals surface area contributed by atoms with Gasteiger partial charge in [0.05, 0.1) is 20.8 Å². The van der Waals surface area contributed by atoms with Crippen molar-refractivity contribution in [3.8, 4) is 23.0 Å². The van der Waals surface area contributed by atoms with Gasteiger partial charge in [-0.15, -0.1) is 0 Å². The van der Waals surface area contributed by atoms with Gasteiger partial charge in [0.15, 0.2) is 11.5 Å². The number of carbonyl (C=O) groups is 1. The fourth-order valence-corrected chi connectivity index (χ4v) is 2.57. The lowest BCUT2D eigenvalue weighted by atomic mass is 10.1. The molecule has 1 aliphatic heterocycles. The van der Waals surface area contributed by atoms with Gasteiger partial charge in [0.25, 0.3) is 0 Å². The van der Waals surface area contributed by atoms with Crippen molar-refractivity contribution in [3.05, 3.63) is 54.1 Å². The standard InChI is InChI=1S/C20H21NO5/c1-23-15-8-9-17(24-2)14(11-15)7-10-20(22)21-12-16-13-25-18-5-3-4-6-19(18)26-16/h3-11,16H,12-13H2,1-2H3,(H,21,22)/b10-7+/t16-/m0/s1. The van der Waals surface area contributed by atoms with Crippen LogP contribution < -0.4 is 24.3 Å². The molecule has 0 radical (unpaired) electrons. The number of carbonyl (C=O) groups excluding carboxylic acids is 1. The summed E-state index contributed by atoms with van der Waals surface area (Å²) in [6.07, 6.45) is 2.91. The third-order valence-electron chi connectivity index (χ3n) is 3.92. The van der Waals surface area contributed by atoms with E-state index in [2.05, 4.69) is 5.32 Å². The van der Waals surface area contributed by atoms with E-state index < -0.39 is 0 Å². The summed E-state index contributed by atoms with van der Waals surface area (Å²) in [4.78, 5) is 12.1. The number of benzene rings is 2. The largest absolute Gasteiger partial charge is 0.497 e. The van der Waals surface area contributed by atoms with E-state index in [4.69, 9.17) is 18.9 Å². The van der Waals surface area contributed by atoms with Gasteiger partial charge in [0, 0.05) is 11.6 Å². The van der Waals surface area contributed by atoms with E-state index in [1.807, 2.05) is 24.3 Å². The van der Waals surface area contributed by atoms with Gasteiger partial charge < -0.3 is 24.3 Å². The van der Waals surface area contributed by atoms with Crippen LogP contribution >= 0.6 is 0 Å². The number of para-hydroxylation sites is 2. The Kier molecular flexibility index (Phi) is 5.63. The smallest absolute Gasteiger partial charge is 0.244 e.